The number of nitrogens with one attached hydrogen (secondary N) is 2. The van der Waals surface area contributed by atoms with Gasteiger partial charge in [0.25, 0.3) is 5.91 Å². The van der Waals surface area contributed by atoms with Gasteiger partial charge in [-0.3, -0.25) is 9.59 Å². The number of amides is 2. The Morgan fingerprint density at radius 2 is 1.78 bits per heavy atom. The van der Waals surface area contributed by atoms with Crippen LogP contribution >= 0.6 is 11.8 Å². The van der Waals surface area contributed by atoms with Crippen molar-refractivity contribution in [3.8, 4) is 17.2 Å². The highest BCUT2D eigenvalue weighted by Crippen LogP contribution is 2.33. The molecule has 9 heteroatoms. The van der Waals surface area contributed by atoms with Gasteiger partial charge in [-0.1, -0.05) is 30.3 Å². The Hall–Kier alpha value is -4.11. The van der Waals surface area contributed by atoms with E-state index in [1.54, 1.807) is 37.4 Å². The first-order valence-corrected chi connectivity index (χ1v) is 12.9. The maximum Gasteiger partial charge on any atom is 0.255 e. The van der Waals surface area contributed by atoms with Crippen LogP contribution in [0.15, 0.2) is 77.8 Å². The minimum absolute atomic E-state index is 0.109. The van der Waals surface area contributed by atoms with Gasteiger partial charge in [0.1, 0.15) is 19.0 Å². The summed E-state index contributed by atoms with van der Waals surface area (Å²) in [4.78, 5) is 26.3. The maximum atomic E-state index is 12.7. The van der Waals surface area contributed by atoms with E-state index in [0.29, 0.717) is 54.8 Å². The van der Waals surface area contributed by atoms with E-state index in [4.69, 9.17) is 14.2 Å². The summed E-state index contributed by atoms with van der Waals surface area (Å²) < 4.78 is 18.5. The summed E-state index contributed by atoms with van der Waals surface area (Å²) in [6, 6.07) is 20.6. The number of benzene rings is 3. The molecule has 0 atom stereocenters. The number of fused-ring (bicyclic) bond motifs is 2. The Labute approximate surface area is 218 Å². The van der Waals surface area contributed by atoms with E-state index in [9.17, 15) is 9.59 Å². The predicted molar refractivity (Wildman–Crippen MR) is 144 cm³/mol. The molecule has 0 spiro atoms. The lowest BCUT2D eigenvalue weighted by atomic mass is 10.2. The standard InChI is InChI=1S/C28H27N3O5S/c1-34-23-9-5-3-7-21(23)28(33)29-12-13-31-17-26(20-6-2-4-8-22(20)31)37-18-27(32)30-19-10-11-24-25(16-19)36-15-14-35-24/h2-11,16-17H,12-15,18H2,1H3,(H,29,33)(H,30,32). The zero-order valence-corrected chi connectivity index (χ0v) is 21.2. The molecular weight excluding hydrogens is 490 g/mol. The molecule has 0 saturated heterocycles. The van der Waals surface area contributed by atoms with E-state index in [2.05, 4.69) is 15.2 Å². The zero-order valence-electron chi connectivity index (χ0n) is 20.4. The highest BCUT2D eigenvalue weighted by atomic mass is 32.2. The fraction of sp³-hybridized carbons (Fsp3) is 0.214. The molecule has 0 saturated carbocycles. The molecule has 0 fully saturated rings. The van der Waals surface area contributed by atoms with Crippen molar-refractivity contribution < 1.29 is 23.8 Å². The fourth-order valence-corrected chi connectivity index (χ4v) is 5.08. The molecule has 1 aliphatic rings. The largest absolute Gasteiger partial charge is 0.496 e. The molecule has 1 aromatic heterocycles. The summed E-state index contributed by atoms with van der Waals surface area (Å²) in [5.41, 5.74) is 2.22. The van der Waals surface area contributed by atoms with Crippen molar-refractivity contribution in [2.45, 2.75) is 11.4 Å². The van der Waals surface area contributed by atoms with E-state index < -0.39 is 0 Å². The molecule has 0 aliphatic carbocycles. The van der Waals surface area contributed by atoms with Gasteiger partial charge in [-0.05, 0) is 30.3 Å². The van der Waals surface area contributed by atoms with Gasteiger partial charge in [-0.2, -0.15) is 0 Å². The Balaban J connectivity index is 1.20. The Morgan fingerprint density at radius 3 is 2.65 bits per heavy atom. The SMILES string of the molecule is COc1ccccc1C(=O)NCCn1cc(SCC(=O)Nc2ccc3c(c2)OCCO3)c2ccccc21. The molecule has 2 amide bonds. The van der Waals surface area contributed by atoms with Crippen molar-refractivity contribution in [1.29, 1.82) is 0 Å². The quantitative estimate of drug-likeness (QED) is 0.316. The van der Waals surface area contributed by atoms with Crippen LogP contribution in [0.25, 0.3) is 10.9 Å². The number of hydrogen-bond donors (Lipinski definition) is 2. The summed E-state index contributed by atoms with van der Waals surface area (Å²) in [6.07, 6.45) is 2.03. The van der Waals surface area contributed by atoms with Gasteiger partial charge in [0, 0.05) is 46.8 Å². The number of hydrogen-bond acceptors (Lipinski definition) is 6. The highest BCUT2D eigenvalue weighted by Gasteiger charge is 2.15. The van der Waals surface area contributed by atoms with Crippen LogP contribution in [0.3, 0.4) is 0 Å². The summed E-state index contributed by atoms with van der Waals surface area (Å²) in [7, 11) is 1.55. The molecule has 1 aliphatic heterocycles. The summed E-state index contributed by atoms with van der Waals surface area (Å²) in [5, 5.41) is 6.96. The number of methoxy groups -OCH3 is 1. The van der Waals surface area contributed by atoms with Gasteiger partial charge >= 0.3 is 0 Å². The molecule has 190 valence electrons. The van der Waals surface area contributed by atoms with Crippen LogP contribution in [0.4, 0.5) is 5.69 Å². The van der Waals surface area contributed by atoms with Crippen molar-refractivity contribution in [3.05, 3.63) is 78.5 Å². The molecule has 4 aromatic rings. The minimum Gasteiger partial charge on any atom is -0.496 e. The predicted octanol–water partition coefficient (Wildman–Crippen LogP) is 4.58. The number of anilines is 1. The van der Waals surface area contributed by atoms with Crippen LogP contribution < -0.4 is 24.8 Å². The van der Waals surface area contributed by atoms with Gasteiger partial charge in [-0.15, -0.1) is 11.8 Å². The second kappa shape index (κ2) is 11.3. The molecule has 8 nitrogen and oxygen atoms in total. The summed E-state index contributed by atoms with van der Waals surface area (Å²) in [6.45, 7) is 2.06. The first kappa shape index (κ1) is 24.6. The molecule has 2 N–H and O–H groups in total. The van der Waals surface area contributed by atoms with Crippen LogP contribution in [0.1, 0.15) is 10.4 Å². The van der Waals surface area contributed by atoms with E-state index in [0.717, 1.165) is 15.8 Å². The molecule has 37 heavy (non-hydrogen) atoms. The number of aromatic nitrogens is 1. The van der Waals surface area contributed by atoms with Gasteiger partial charge in [0.15, 0.2) is 11.5 Å². The van der Waals surface area contributed by atoms with Crippen LogP contribution in [-0.2, 0) is 11.3 Å². The van der Waals surface area contributed by atoms with Gasteiger partial charge in [0.05, 0.1) is 18.4 Å². The summed E-state index contributed by atoms with van der Waals surface area (Å²) in [5.74, 6) is 1.83. The molecule has 0 bridgehead atoms. The maximum absolute atomic E-state index is 12.7. The Bertz CT molecular complexity index is 1430. The number of para-hydroxylation sites is 2. The molecule has 0 radical (unpaired) electrons. The van der Waals surface area contributed by atoms with Crippen LogP contribution in [-0.4, -0.2) is 49.0 Å². The fourth-order valence-electron chi connectivity index (χ4n) is 4.19. The highest BCUT2D eigenvalue weighted by molar-refractivity contribution is 8.00. The first-order valence-electron chi connectivity index (χ1n) is 11.9. The van der Waals surface area contributed by atoms with E-state index in [-0.39, 0.29) is 17.6 Å². The lowest BCUT2D eigenvalue weighted by Crippen LogP contribution is -2.27. The number of thioether (sulfide) groups is 1. The first-order chi connectivity index (χ1) is 18.1. The Kier molecular flexibility index (Phi) is 7.51. The zero-order chi connectivity index (χ0) is 25.6. The second-order valence-electron chi connectivity index (χ2n) is 8.36. The second-order valence-corrected chi connectivity index (χ2v) is 9.37. The van der Waals surface area contributed by atoms with Gasteiger partial charge in [0.2, 0.25) is 5.91 Å². The van der Waals surface area contributed by atoms with E-state index in [1.165, 1.54) is 11.8 Å². The normalized spacial score (nSPS) is 12.2. The third-order valence-corrected chi connectivity index (χ3v) is 6.97. The molecule has 3 aromatic carbocycles. The van der Waals surface area contributed by atoms with Crippen LogP contribution in [0.2, 0.25) is 0 Å². The number of ether oxygens (including phenoxy) is 3. The topological polar surface area (TPSA) is 90.8 Å². The third kappa shape index (κ3) is 5.67. The molecular formula is C28H27N3O5S. The minimum atomic E-state index is -0.181. The van der Waals surface area contributed by atoms with Crippen molar-refractivity contribution in [3.63, 3.8) is 0 Å². The van der Waals surface area contributed by atoms with Crippen LogP contribution in [0.5, 0.6) is 17.2 Å². The number of carbonyl (C=O) groups is 2. The average molecular weight is 518 g/mol. The molecule has 5 rings (SSSR count). The average Bonchev–Trinajstić information content (AvgIpc) is 3.29. The van der Waals surface area contributed by atoms with Crippen molar-refractivity contribution >= 4 is 40.2 Å². The molecule has 0 unspecified atom stereocenters. The van der Waals surface area contributed by atoms with E-state index >= 15 is 0 Å². The smallest absolute Gasteiger partial charge is 0.255 e. The third-order valence-electron chi connectivity index (χ3n) is 5.93. The lowest BCUT2D eigenvalue weighted by molar-refractivity contribution is -0.113. The van der Waals surface area contributed by atoms with Crippen LogP contribution in [0, 0.1) is 0 Å². The lowest BCUT2D eigenvalue weighted by Gasteiger charge is -2.19. The van der Waals surface area contributed by atoms with Crippen molar-refractivity contribution in [1.82, 2.24) is 9.88 Å². The Morgan fingerprint density at radius 1 is 1.00 bits per heavy atom. The van der Waals surface area contributed by atoms with E-state index in [1.807, 2.05) is 42.6 Å². The van der Waals surface area contributed by atoms with Gasteiger partial charge < -0.3 is 29.4 Å². The van der Waals surface area contributed by atoms with Crippen molar-refractivity contribution in [2.24, 2.45) is 0 Å². The number of nitrogens with zero attached hydrogens (tertiary/aromatic N) is 1. The monoisotopic (exact) mass is 517 g/mol. The number of rotatable bonds is 9. The van der Waals surface area contributed by atoms with Gasteiger partial charge in [-0.25, -0.2) is 0 Å². The number of carbonyl (C=O) groups excluding carboxylic acids is 2. The van der Waals surface area contributed by atoms with Crippen molar-refractivity contribution in [2.75, 3.05) is 37.9 Å². The molecule has 2 heterocycles. The summed E-state index contributed by atoms with van der Waals surface area (Å²) >= 11 is 1.48.